The van der Waals surface area contributed by atoms with Gasteiger partial charge < -0.3 is 15.2 Å². The summed E-state index contributed by atoms with van der Waals surface area (Å²) in [6.07, 6.45) is 5.70. The number of methoxy groups -OCH3 is 1. The van der Waals surface area contributed by atoms with Crippen molar-refractivity contribution in [1.82, 2.24) is 10.3 Å². The second kappa shape index (κ2) is 7.55. The van der Waals surface area contributed by atoms with Crippen LogP contribution in [0.2, 0.25) is 0 Å². The lowest BCUT2D eigenvalue weighted by atomic mass is 10.0. The molecule has 0 aliphatic carbocycles. The number of nitrogens with zero attached hydrogens (tertiary/aromatic N) is 1. The Hall–Kier alpha value is -2.24. The van der Waals surface area contributed by atoms with E-state index in [1.54, 1.807) is 24.5 Å². The van der Waals surface area contributed by atoms with Crippen LogP contribution in [0.25, 0.3) is 0 Å². The summed E-state index contributed by atoms with van der Waals surface area (Å²) in [5, 5.41) is 14.0. The highest BCUT2D eigenvalue weighted by atomic mass is 16.5. The van der Waals surface area contributed by atoms with Crippen molar-refractivity contribution in [3.8, 4) is 0 Å². The minimum absolute atomic E-state index is 0.0496. The molecule has 2 aromatic rings. The number of benzene rings is 1. The van der Waals surface area contributed by atoms with Crippen molar-refractivity contribution in [2.24, 2.45) is 0 Å². The zero-order valence-corrected chi connectivity index (χ0v) is 13.7. The van der Waals surface area contributed by atoms with Gasteiger partial charge in [0.2, 0.25) is 0 Å². The summed E-state index contributed by atoms with van der Waals surface area (Å²) in [5.74, 6) is -0.319. The number of hydrogen-bond donors (Lipinski definition) is 2. The first-order valence-electron chi connectivity index (χ1n) is 8.18. The summed E-state index contributed by atoms with van der Waals surface area (Å²) in [4.78, 5) is 15.5. The first-order chi connectivity index (χ1) is 11.7. The molecule has 1 aromatic heterocycles. The van der Waals surface area contributed by atoms with E-state index in [0.717, 1.165) is 30.4 Å². The molecule has 5 heteroatoms. The van der Waals surface area contributed by atoms with E-state index in [-0.39, 0.29) is 12.0 Å². The largest absolute Gasteiger partial charge is 0.465 e. The lowest BCUT2D eigenvalue weighted by Gasteiger charge is -2.20. The Morgan fingerprint density at radius 3 is 2.79 bits per heavy atom. The summed E-state index contributed by atoms with van der Waals surface area (Å²) in [6, 6.07) is 11.6. The van der Waals surface area contributed by atoms with Crippen LogP contribution >= 0.6 is 0 Å². The quantitative estimate of drug-likeness (QED) is 0.825. The molecule has 3 rings (SSSR count). The lowest BCUT2D eigenvalue weighted by Crippen LogP contribution is -2.35. The van der Waals surface area contributed by atoms with Gasteiger partial charge in [-0.05, 0) is 43.0 Å². The van der Waals surface area contributed by atoms with E-state index < -0.39 is 6.10 Å². The van der Waals surface area contributed by atoms with Gasteiger partial charge in [-0.3, -0.25) is 4.98 Å². The molecule has 2 heterocycles. The van der Waals surface area contributed by atoms with Crippen LogP contribution in [0.1, 0.15) is 40.4 Å². The summed E-state index contributed by atoms with van der Waals surface area (Å²) in [7, 11) is 1.38. The molecule has 1 saturated heterocycles. The van der Waals surface area contributed by atoms with Crippen LogP contribution in [0.4, 0.5) is 0 Å². The van der Waals surface area contributed by atoms with Gasteiger partial charge in [-0.25, -0.2) is 4.79 Å². The smallest absolute Gasteiger partial charge is 0.337 e. The average Bonchev–Trinajstić information content (AvgIpc) is 3.10. The first-order valence-corrected chi connectivity index (χ1v) is 8.18. The molecule has 1 aromatic carbocycles. The van der Waals surface area contributed by atoms with Crippen molar-refractivity contribution in [2.75, 3.05) is 7.11 Å². The van der Waals surface area contributed by atoms with Gasteiger partial charge in [-0.15, -0.1) is 0 Å². The van der Waals surface area contributed by atoms with Crippen molar-refractivity contribution in [1.29, 1.82) is 0 Å². The van der Waals surface area contributed by atoms with Crippen LogP contribution in [0, 0.1) is 0 Å². The number of nitrogens with one attached hydrogen (secondary N) is 1. The van der Waals surface area contributed by atoms with Crippen LogP contribution in [0.15, 0.2) is 48.8 Å². The van der Waals surface area contributed by atoms with Gasteiger partial charge in [0.1, 0.15) is 0 Å². The highest BCUT2D eigenvalue weighted by Gasteiger charge is 2.30. The van der Waals surface area contributed by atoms with E-state index in [9.17, 15) is 9.90 Å². The molecular weight excluding hydrogens is 304 g/mol. The minimum atomic E-state index is -0.537. The molecule has 3 atom stereocenters. The number of carbonyl (C=O) groups is 1. The number of pyridine rings is 1. The number of carbonyl (C=O) groups excluding carboxylic acids is 1. The standard InChI is InChI=1S/C19H22N2O3/c1-24-19(23)14-6-4-13(5-7-14)11-16-8-9-17(21-16)18(22)15-3-2-10-20-12-15/h2-7,10,12,16-18,21-22H,8-9,11H2,1H3/t16-,17+,18+/m0/s1. The van der Waals surface area contributed by atoms with E-state index in [0.29, 0.717) is 11.6 Å². The highest BCUT2D eigenvalue weighted by molar-refractivity contribution is 5.89. The van der Waals surface area contributed by atoms with Crippen LogP contribution < -0.4 is 5.32 Å². The fourth-order valence-corrected chi connectivity index (χ4v) is 3.22. The van der Waals surface area contributed by atoms with E-state index in [4.69, 9.17) is 4.74 Å². The van der Waals surface area contributed by atoms with Gasteiger partial charge in [0.05, 0.1) is 18.8 Å². The van der Waals surface area contributed by atoms with E-state index in [1.165, 1.54) is 7.11 Å². The van der Waals surface area contributed by atoms with Crippen LogP contribution in [0.3, 0.4) is 0 Å². The molecular formula is C19H22N2O3. The number of aromatic nitrogens is 1. The van der Waals surface area contributed by atoms with Crippen LogP contribution in [0.5, 0.6) is 0 Å². The monoisotopic (exact) mass is 326 g/mol. The zero-order valence-electron chi connectivity index (χ0n) is 13.7. The van der Waals surface area contributed by atoms with Crippen molar-refractivity contribution in [2.45, 2.75) is 37.5 Å². The molecule has 0 bridgehead atoms. The topological polar surface area (TPSA) is 71.5 Å². The summed E-state index contributed by atoms with van der Waals surface area (Å²) in [6.45, 7) is 0. The average molecular weight is 326 g/mol. The Morgan fingerprint density at radius 1 is 1.33 bits per heavy atom. The first kappa shape index (κ1) is 16.6. The molecule has 0 amide bonds. The Labute approximate surface area is 141 Å². The van der Waals surface area contributed by atoms with Crippen molar-refractivity contribution in [3.05, 3.63) is 65.5 Å². The molecule has 0 unspecified atom stereocenters. The van der Waals surface area contributed by atoms with Gasteiger partial charge in [-0.1, -0.05) is 18.2 Å². The maximum atomic E-state index is 11.5. The van der Waals surface area contributed by atoms with Gasteiger partial charge in [0, 0.05) is 30.0 Å². The van der Waals surface area contributed by atoms with Crippen molar-refractivity contribution in [3.63, 3.8) is 0 Å². The lowest BCUT2D eigenvalue weighted by molar-refractivity contribution is 0.0600. The molecule has 126 valence electrons. The number of esters is 1. The number of aliphatic hydroxyl groups is 1. The number of ether oxygens (including phenoxy) is 1. The Balaban J connectivity index is 1.57. The normalized spacial score (nSPS) is 21.4. The molecule has 2 N–H and O–H groups in total. The molecule has 1 fully saturated rings. The van der Waals surface area contributed by atoms with Gasteiger partial charge in [-0.2, -0.15) is 0 Å². The van der Waals surface area contributed by atoms with Gasteiger partial charge in [0.25, 0.3) is 0 Å². The Morgan fingerprint density at radius 2 is 2.12 bits per heavy atom. The van der Waals surface area contributed by atoms with Crippen molar-refractivity contribution < 1.29 is 14.6 Å². The second-order valence-electron chi connectivity index (χ2n) is 6.17. The van der Waals surface area contributed by atoms with E-state index >= 15 is 0 Å². The van der Waals surface area contributed by atoms with Crippen LogP contribution in [-0.4, -0.2) is 35.3 Å². The maximum Gasteiger partial charge on any atom is 0.337 e. The third kappa shape index (κ3) is 3.80. The fraction of sp³-hybridized carbons (Fsp3) is 0.368. The predicted octanol–water partition coefficient (Wildman–Crippen LogP) is 2.26. The fourth-order valence-electron chi connectivity index (χ4n) is 3.22. The third-order valence-corrected chi connectivity index (χ3v) is 4.54. The van der Waals surface area contributed by atoms with Crippen LogP contribution in [-0.2, 0) is 11.2 Å². The molecule has 1 aliphatic heterocycles. The molecule has 0 radical (unpaired) electrons. The number of hydrogen-bond acceptors (Lipinski definition) is 5. The van der Waals surface area contributed by atoms with E-state index in [1.807, 2.05) is 24.3 Å². The van der Waals surface area contributed by atoms with Crippen molar-refractivity contribution >= 4 is 5.97 Å². The van der Waals surface area contributed by atoms with Gasteiger partial charge in [0.15, 0.2) is 0 Å². The third-order valence-electron chi connectivity index (χ3n) is 4.54. The predicted molar refractivity (Wildman–Crippen MR) is 90.6 cm³/mol. The molecule has 0 saturated carbocycles. The Bertz CT molecular complexity index is 673. The molecule has 5 nitrogen and oxygen atoms in total. The highest BCUT2D eigenvalue weighted by Crippen LogP contribution is 2.26. The summed E-state index contributed by atoms with van der Waals surface area (Å²) >= 11 is 0. The maximum absolute atomic E-state index is 11.5. The molecule has 0 spiro atoms. The molecule has 24 heavy (non-hydrogen) atoms. The van der Waals surface area contributed by atoms with Gasteiger partial charge >= 0.3 is 5.97 Å². The number of rotatable bonds is 5. The second-order valence-corrected chi connectivity index (χ2v) is 6.17. The zero-order chi connectivity index (χ0) is 16.9. The van der Waals surface area contributed by atoms with E-state index in [2.05, 4.69) is 10.3 Å². The minimum Gasteiger partial charge on any atom is -0.465 e. The Kier molecular flexibility index (Phi) is 5.23. The molecule has 1 aliphatic rings. The summed E-state index contributed by atoms with van der Waals surface area (Å²) in [5.41, 5.74) is 2.57. The number of aliphatic hydroxyl groups excluding tert-OH is 1. The summed E-state index contributed by atoms with van der Waals surface area (Å²) < 4.78 is 4.71. The SMILES string of the molecule is COC(=O)c1ccc(C[C@@H]2CC[C@H]([C@H](O)c3cccnc3)N2)cc1.